The molecular weight excluding hydrogens is 259 g/mol. The molecule has 2 unspecified atom stereocenters. The molecule has 100 valence electrons. The van der Waals surface area contributed by atoms with Crippen molar-refractivity contribution in [3.63, 3.8) is 0 Å². The van der Waals surface area contributed by atoms with Crippen molar-refractivity contribution in [3.05, 3.63) is 24.1 Å². The molecule has 1 aromatic rings. The monoisotopic (exact) mass is 274 g/mol. The smallest absolute Gasteiger partial charge is 0.261 e. The van der Waals surface area contributed by atoms with Crippen LogP contribution in [0, 0.1) is 11.2 Å². The molecule has 18 heavy (non-hydrogen) atoms. The van der Waals surface area contributed by atoms with Gasteiger partial charge in [-0.3, -0.25) is 0 Å². The van der Waals surface area contributed by atoms with Crippen LogP contribution in [-0.4, -0.2) is 30.7 Å². The van der Waals surface area contributed by atoms with Crippen LogP contribution in [0.4, 0.5) is 4.39 Å². The van der Waals surface area contributed by atoms with Gasteiger partial charge in [-0.25, -0.2) is 22.5 Å². The summed E-state index contributed by atoms with van der Waals surface area (Å²) in [5.74, 6) is -0.886. The maximum atomic E-state index is 13.4. The Morgan fingerprint density at radius 3 is 2.72 bits per heavy atom. The zero-order valence-corrected chi connectivity index (χ0v) is 10.9. The Hall–Kier alpha value is -1.05. The Bertz CT molecular complexity index is 559. The van der Waals surface area contributed by atoms with E-state index in [0.717, 1.165) is 6.07 Å². The molecule has 0 aliphatic heterocycles. The molecule has 1 saturated carbocycles. The lowest BCUT2D eigenvalue weighted by Gasteiger charge is -2.49. The van der Waals surface area contributed by atoms with Gasteiger partial charge in [0.05, 0.1) is 6.10 Å². The van der Waals surface area contributed by atoms with Gasteiger partial charge in [0.1, 0.15) is 0 Å². The summed E-state index contributed by atoms with van der Waals surface area (Å²) in [5, 5.41) is 8.93. The molecule has 7 heteroatoms. The number of halogens is 1. The Labute approximate surface area is 105 Å². The van der Waals surface area contributed by atoms with E-state index < -0.39 is 38.4 Å². The molecule has 2 N–H and O–H groups in total. The summed E-state index contributed by atoms with van der Waals surface area (Å²) in [6.07, 6.45) is 0.984. The van der Waals surface area contributed by atoms with Gasteiger partial charge in [-0.2, -0.15) is 0 Å². The fourth-order valence-corrected chi connectivity index (χ4v) is 3.33. The maximum Gasteiger partial charge on any atom is 0.261 e. The molecule has 0 radical (unpaired) electrons. The Morgan fingerprint density at radius 2 is 2.22 bits per heavy atom. The second kappa shape index (κ2) is 4.25. The van der Waals surface area contributed by atoms with E-state index in [9.17, 15) is 17.9 Å². The van der Waals surface area contributed by atoms with Crippen LogP contribution in [0.3, 0.4) is 0 Å². The van der Waals surface area contributed by atoms with Gasteiger partial charge < -0.3 is 5.11 Å². The second-order valence-corrected chi connectivity index (χ2v) is 6.67. The van der Waals surface area contributed by atoms with Gasteiger partial charge in [0.2, 0.25) is 5.03 Å². The van der Waals surface area contributed by atoms with Crippen molar-refractivity contribution >= 4 is 10.0 Å². The number of aliphatic hydroxyl groups is 1. The van der Waals surface area contributed by atoms with E-state index in [-0.39, 0.29) is 0 Å². The molecule has 0 spiro atoms. The zero-order chi connectivity index (χ0) is 13.6. The van der Waals surface area contributed by atoms with E-state index in [4.69, 9.17) is 0 Å². The average Bonchev–Trinajstić information content (AvgIpc) is 2.29. The molecule has 1 heterocycles. The number of nitrogens with zero attached hydrogens (tertiary/aromatic N) is 1. The Morgan fingerprint density at radius 1 is 1.56 bits per heavy atom. The van der Waals surface area contributed by atoms with Crippen molar-refractivity contribution in [2.24, 2.45) is 5.41 Å². The second-order valence-electron chi connectivity index (χ2n) is 5.04. The van der Waals surface area contributed by atoms with Gasteiger partial charge >= 0.3 is 0 Å². The third-order valence-electron chi connectivity index (χ3n) is 3.49. The molecule has 0 bridgehead atoms. The van der Waals surface area contributed by atoms with E-state index in [1.54, 1.807) is 13.8 Å². The molecule has 1 aromatic heterocycles. The van der Waals surface area contributed by atoms with Gasteiger partial charge in [-0.05, 0) is 18.6 Å². The summed E-state index contributed by atoms with van der Waals surface area (Å²) in [6.45, 7) is 3.51. The highest BCUT2D eigenvalue weighted by molar-refractivity contribution is 7.89. The molecule has 0 saturated heterocycles. The summed E-state index contributed by atoms with van der Waals surface area (Å²) in [5.41, 5.74) is -0.557. The summed E-state index contributed by atoms with van der Waals surface area (Å²) in [7, 11) is -3.99. The normalized spacial score (nSPS) is 26.7. The van der Waals surface area contributed by atoms with E-state index in [0.29, 0.717) is 6.42 Å². The van der Waals surface area contributed by atoms with Crippen LogP contribution in [-0.2, 0) is 10.0 Å². The average molecular weight is 274 g/mol. The van der Waals surface area contributed by atoms with Crippen LogP contribution in [0.15, 0.2) is 23.4 Å². The van der Waals surface area contributed by atoms with Gasteiger partial charge in [-0.1, -0.05) is 13.8 Å². The largest absolute Gasteiger partial charge is 0.392 e. The van der Waals surface area contributed by atoms with Crippen LogP contribution >= 0.6 is 0 Å². The SMILES string of the molecule is CC1(C)C(O)CC1NS(=O)(=O)c1ncccc1F. The van der Waals surface area contributed by atoms with Gasteiger partial charge in [-0.15, -0.1) is 0 Å². The Kier molecular flexibility index (Phi) is 3.16. The maximum absolute atomic E-state index is 13.4. The standard InChI is InChI=1S/C11H15FN2O3S/c1-11(2)8(6-9(11)15)14-18(16,17)10-7(12)4-3-5-13-10/h3-5,8-9,14-15H,6H2,1-2H3. The molecule has 5 nitrogen and oxygen atoms in total. The number of pyridine rings is 1. The topological polar surface area (TPSA) is 79.3 Å². The predicted octanol–water partition coefficient (Wildman–Crippen LogP) is 0.658. The van der Waals surface area contributed by atoms with Crippen molar-refractivity contribution in [3.8, 4) is 0 Å². The summed E-state index contributed by atoms with van der Waals surface area (Å²) in [4.78, 5) is 3.54. The molecule has 1 fully saturated rings. The molecule has 2 rings (SSSR count). The highest BCUT2D eigenvalue weighted by atomic mass is 32.2. The molecule has 0 amide bonds. The molecular formula is C11H15FN2O3S. The first kappa shape index (κ1) is 13.4. The minimum absolute atomic E-state index is 0.320. The minimum atomic E-state index is -3.99. The van der Waals surface area contributed by atoms with E-state index in [1.165, 1.54) is 12.3 Å². The number of hydrogen-bond donors (Lipinski definition) is 2. The molecule has 0 aromatic carbocycles. The summed E-state index contributed by atoms with van der Waals surface area (Å²) in [6, 6.07) is 1.95. The number of sulfonamides is 1. The lowest BCUT2D eigenvalue weighted by Crippen LogP contribution is -2.61. The number of aliphatic hydroxyl groups excluding tert-OH is 1. The quantitative estimate of drug-likeness (QED) is 0.848. The van der Waals surface area contributed by atoms with Crippen LogP contribution < -0.4 is 4.72 Å². The predicted molar refractivity (Wildman–Crippen MR) is 62.7 cm³/mol. The third kappa shape index (κ3) is 2.13. The first-order chi connectivity index (χ1) is 8.25. The number of rotatable bonds is 3. The Balaban J connectivity index is 2.22. The van der Waals surface area contributed by atoms with Crippen molar-refractivity contribution in [1.29, 1.82) is 0 Å². The fraction of sp³-hybridized carbons (Fsp3) is 0.545. The van der Waals surface area contributed by atoms with Crippen LogP contribution in [0.1, 0.15) is 20.3 Å². The highest BCUT2D eigenvalue weighted by Gasteiger charge is 2.49. The van der Waals surface area contributed by atoms with Gasteiger partial charge in [0.15, 0.2) is 5.82 Å². The highest BCUT2D eigenvalue weighted by Crippen LogP contribution is 2.41. The van der Waals surface area contributed by atoms with Crippen LogP contribution in [0.25, 0.3) is 0 Å². The summed E-state index contributed by atoms with van der Waals surface area (Å²) < 4.78 is 39.7. The molecule has 1 aliphatic rings. The van der Waals surface area contributed by atoms with Crippen molar-refractivity contribution < 1.29 is 17.9 Å². The van der Waals surface area contributed by atoms with Crippen molar-refractivity contribution in [2.75, 3.05) is 0 Å². The first-order valence-electron chi connectivity index (χ1n) is 5.56. The van der Waals surface area contributed by atoms with Crippen molar-refractivity contribution in [1.82, 2.24) is 9.71 Å². The summed E-state index contributed by atoms with van der Waals surface area (Å²) >= 11 is 0. The van der Waals surface area contributed by atoms with E-state index in [2.05, 4.69) is 9.71 Å². The third-order valence-corrected chi connectivity index (χ3v) is 4.90. The van der Waals surface area contributed by atoms with Crippen molar-refractivity contribution in [2.45, 2.75) is 37.4 Å². The number of nitrogens with one attached hydrogen (secondary N) is 1. The number of aromatic nitrogens is 1. The lowest BCUT2D eigenvalue weighted by molar-refractivity contribution is -0.0645. The minimum Gasteiger partial charge on any atom is -0.392 e. The number of hydrogen-bond acceptors (Lipinski definition) is 4. The van der Waals surface area contributed by atoms with Gasteiger partial charge in [0, 0.05) is 17.7 Å². The van der Waals surface area contributed by atoms with Crippen LogP contribution in [0.5, 0.6) is 0 Å². The van der Waals surface area contributed by atoms with E-state index in [1.807, 2.05) is 0 Å². The fourth-order valence-electron chi connectivity index (χ4n) is 1.91. The molecule has 2 atom stereocenters. The van der Waals surface area contributed by atoms with Gasteiger partial charge in [0.25, 0.3) is 10.0 Å². The molecule has 1 aliphatic carbocycles. The lowest BCUT2D eigenvalue weighted by atomic mass is 9.65. The zero-order valence-electron chi connectivity index (χ0n) is 10.1. The van der Waals surface area contributed by atoms with E-state index >= 15 is 0 Å². The van der Waals surface area contributed by atoms with Crippen LogP contribution in [0.2, 0.25) is 0 Å². The first-order valence-corrected chi connectivity index (χ1v) is 7.04.